The zero-order valence-corrected chi connectivity index (χ0v) is 20.7. The van der Waals surface area contributed by atoms with Gasteiger partial charge in [-0.1, -0.05) is 72.8 Å². The Morgan fingerprint density at radius 2 is 1.57 bits per heavy atom. The van der Waals surface area contributed by atoms with Crippen molar-refractivity contribution in [2.45, 2.75) is 24.9 Å². The Bertz CT molecular complexity index is 1400. The molecule has 3 heterocycles. The number of methoxy groups -OCH3 is 1. The van der Waals surface area contributed by atoms with Crippen LogP contribution >= 0.6 is 0 Å². The number of hydrogen-bond acceptors (Lipinski definition) is 6. The fraction of sp³-hybridized carbons (Fsp3) is 0.267. The van der Waals surface area contributed by atoms with Gasteiger partial charge in [0.25, 0.3) is 5.56 Å². The molecule has 0 radical (unpaired) electrons. The summed E-state index contributed by atoms with van der Waals surface area (Å²) in [6.45, 7) is 2.59. The minimum Gasteiger partial charge on any atom is -0.497 e. The first-order chi connectivity index (χ1) is 18.1. The first-order valence-corrected chi connectivity index (χ1v) is 12.4. The summed E-state index contributed by atoms with van der Waals surface area (Å²) in [5.74, 6) is 0.715. The van der Waals surface area contributed by atoms with Crippen molar-refractivity contribution in [2.75, 3.05) is 20.3 Å². The van der Waals surface area contributed by atoms with E-state index in [1.54, 1.807) is 20.2 Å². The van der Waals surface area contributed by atoms with Gasteiger partial charge in [-0.05, 0) is 35.7 Å². The van der Waals surface area contributed by atoms with Crippen LogP contribution in [0.4, 0.5) is 0 Å². The molecule has 188 valence electrons. The van der Waals surface area contributed by atoms with Gasteiger partial charge in [-0.2, -0.15) is 4.98 Å². The summed E-state index contributed by atoms with van der Waals surface area (Å²) in [6.07, 6.45) is 1.13. The Hall–Kier alpha value is -3.94. The fourth-order valence-corrected chi connectivity index (χ4v) is 5.28. The van der Waals surface area contributed by atoms with Crippen LogP contribution in [0.2, 0.25) is 0 Å². The molecule has 1 fully saturated rings. The molecule has 3 atom stereocenters. The lowest BCUT2D eigenvalue weighted by atomic mass is 9.80. The maximum Gasteiger partial charge on any atom is 0.302 e. The van der Waals surface area contributed by atoms with Gasteiger partial charge >= 0.3 is 6.01 Å². The lowest BCUT2D eigenvalue weighted by Gasteiger charge is -2.37. The van der Waals surface area contributed by atoms with Crippen molar-refractivity contribution >= 4 is 0 Å². The van der Waals surface area contributed by atoms with Crippen molar-refractivity contribution in [3.8, 4) is 11.8 Å². The van der Waals surface area contributed by atoms with Gasteiger partial charge in [0.2, 0.25) is 0 Å². The monoisotopic (exact) mass is 496 g/mol. The number of hydrogen-bond donors (Lipinski definition) is 0. The molecule has 1 saturated heterocycles. The van der Waals surface area contributed by atoms with Gasteiger partial charge in [-0.15, -0.1) is 0 Å². The van der Waals surface area contributed by atoms with Crippen molar-refractivity contribution < 1.29 is 18.9 Å². The van der Waals surface area contributed by atoms with Gasteiger partial charge in [0.1, 0.15) is 11.4 Å². The van der Waals surface area contributed by atoms with Crippen LogP contribution in [0.3, 0.4) is 0 Å². The molecule has 2 aliphatic rings. The van der Waals surface area contributed by atoms with Gasteiger partial charge < -0.3 is 18.9 Å². The molecule has 0 N–H and O–H groups in total. The van der Waals surface area contributed by atoms with Crippen LogP contribution in [-0.4, -0.2) is 36.0 Å². The highest BCUT2D eigenvalue weighted by Crippen LogP contribution is 2.44. The zero-order valence-electron chi connectivity index (χ0n) is 20.7. The molecule has 2 aliphatic heterocycles. The third-order valence-electron chi connectivity index (χ3n) is 7.20. The lowest BCUT2D eigenvalue weighted by Crippen LogP contribution is -2.37. The minimum atomic E-state index is -0.873. The van der Waals surface area contributed by atoms with E-state index < -0.39 is 5.60 Å². The highest BCUT2D eigenvalue weighted by molar-refractivity contribution is 5.48. The summed E-state index contributed by atoms with van der Waals surface area (Å²) in [7, 11) is 1.66. The van der Waals surface area contributed by atoms with Crippen molar-refractivity contribution in [3.05, 3.63) is 124 Å². The summed E-state index contributed by atoms with van der Waals surface area (Å²) < 4.78 is 26.5. The molecule has 7 heteroatoms. The van der Waals surface area contributed by atoms with E-state index in [0.29, 0.717) is 24.8 Å². The van der Waals surface area contributed by atoms with Gasteiger partial charge in [0.15, 0.2) is 12.3 Å². The van der Waals surface area contributed by atoms with E-state index in [-0.39, 0.29) is 23.8 Å². The predicted molar refractivity (Wildman–Crippen MR) is 138 cm³/mol. The second-order valence-electron chi connectivity index (χ2n) is 9.44. The summed E-state index contributed by atoms with van der Waals surface area (Å²) in [5, 5.41) is 0. The Kier molecular flexibility index (Phi) is 6.02. The first kappa shape index (κ1) is 23.5. The van der Waals surface area contributed by atoms with Gasteiger partial charge in [-0.3, -0.25) is 9.36 Å². The van der Waals surface area contributed by atoms with E-state index >= 15 is 0 Å². The van der Waals surface area contributed by atoms with E-state index in [1.165, 1.54) is 0 Å². The maximum atomic E-state index is 12.1. The number of rotatable bonds is 7. The number of aryl methyl sites for hydroxylation is 1. The van der Waals surface area contributed by atoms with Crippen LogP contribution in [-0.2, 0) is 15.1 Å². The van der Waals surface area contributed by atoms with Crippen LogP contribution in [0, 0.1) is 12.8 Å². The average molecular weight is 497 g/mol. The highest BCUT2D eigenvalue weighted by atomic mass is 16.6. The summed E-state index contributed by atoms with van der Waals surface area (Å²) in [5.41, 5.74) is 2.41. The molecule has 4 aromatic rings. The number of aromatic nitrogens is 2. The number of fused-ring (bicyclic) bond motifs is 3. The Morgan fingerprint density at radius 1 is 0.946 bits per heavy atom. The topological polar surface area (TPSA) is 71.8 Å². The lowest BCUT2D eigenvalue weighted by molar-refractivity contribution is -0.0228. The largest absolute Gasteiger partial charge is 0.497 e. The SMILES string of the molecule is COc1ccc(C(OC[C@H]2CO[C@@H]3[C@H]2Oc2nc(=O)c(C)cn23)(c2ccccc2)c2ccccc2)cc1. The highest BCUT2D eigenvalue weighted by Gasteiger charge is 2.48. The van der Waals surface area contributed by atoms with Crippen LogP contribution in [0.1, 0.15) is 28.5 Å². The maximum absolute atomic E-state index is 12.1. The molecule has 0 saturated carbocycles. The molecular formula is C30H28N2O5. The quantitative estimate of drug-likeness (QED) is 0.352. The molecule has 0 aliphatic carbocycles. The van der Waals surface area contributed by atoms with Crippen molar-refractivity contribution in [1.29, 1.82) is 0 Å². The van der Waals surface area contributed by atoms with Gasteiger partial charge in [0, 0.05) is 17.7 Å². The smallest absolute Gasteiger partial charge is 0.302 e. The molecular weight excluding hydrogens is 468 g/mol. The summed E-state index contributed by atoms with van der Waals surface area (Å²) in [4.78, 5) is 16.2. The van der Waals surface area contributed by atoms with Crippen LogP contribution < -0.4 is 15.0 Å². The number of nitrogens with zero attached hydrogens (tertiary/aromatic N) is 2. The van der Waals surface area contributed by atoms with Crippen molar-refractivity contribution in [1.82, 2.24) is 9.55 Å². The number of ether oxygens (including phenoxy) is 4. The van der Waals surface area contributed by atoms with E-state index in [1.807, 2.05) is 65.2 Å². The van der Waals surface area contributed by atoms with Crippen LogP contribution in [0.5, 0.6) is 11.8 Å². The van der Waals surface area contributed by atoms with Crippen molar-refractivity contribution in [2.24, 2.45) is 5.92 Å². The third kappa shape index (κ3) is 4.00. The normalized spacial score (nSPS) is 20.2. The molecule has 0 amide bonds. The third-order valence-corrected chi connectivity index (χ3v) is 7.20. The second kappa shape index (κ2) is 9.50. The van der Waals surface area contributed by atoms with E-state index in [0.717, 1.165) is 22.4 Å². The Morgan fingerprint density at radius 3 is 2.19 bits per heavy atom. The van der Waals surface area contributed by atoms with Crippen molar-refractivity contribution in [3.63, 3.8) is 0 Å². The standard InChI is InChI=1S/C30H28N2O5/c1-20-17-32-28-26(37-29(32)31-27(20)33)21(18-35-28)19-36-30(22-9-5-3-6-10-22,23-11-7-4-8-12-23)24-13-15-25(34-2)16-14-24/h3-17,21,26,28H,18-19H2,1-2H3/t21-,26+,28-/m1/s1. The van der Waals surface area contributed by atoms with Crippen LogP contribution in [0.15, 0.2) is 95.9 Å². The average Bonchev–Trinajstić information content (AvgIpc) is 3.50. The summed E-state index contributed by atoms with van der Waals surface area (Å²) in [6, 6.07) is 28.8. The molecule has 37 heavy (non-hydrogen) atoms. The van der Waals surface area contributed by atoms with E-state index in [2.05, 4.69) is 29.2 Å². The molecule has 7 nitrogen and oxygen atoms in total. The molecule has 6 rings (SSSR count). The minimum absolute atomic E-state index is 0.0628. The van der Waals surface area contributed by atoms with E-state index in [4.69, 9.17) is 18.9 Å². The zero-order chi connectivity index (χ0) is 25.4. The van der Waals surface area contributed by atoms with Crippen LogP contribution in [0.25, 0.3) is 0 Å². The second-order valence-corrected chi connectivity index (χ2v) is 9.44. The molecule has 0 unspecified atom stereocenters. The number of benzene rings is 3. The van der Waals surface area contributed by atoms with Gasteiger partial charge in [-0.25, -0.2) is 0 Å². The Labute approximate surface area is 215 Å². The summed E-state index contributed by atoms with van der Waals surface area (Å²) >= 11 is 0. The molecule has 0 spiro atoms. The molecule has 3 aromatic carbocycles. The first-order valence-electron chi connectivity index (χ1n) is 12.4. The van der Waals surface area contributed by atoms with Gasteiger partial charge in [0.05, 0.1) is 20.3 Å². The van der Waals surface area contributed by atoms with E-state index in [9.17, 15) is 4.79 Å². The molecule has 1 aromatic heterocycles. The predicted octanol–water partition coefficient (Wildman–Crippen LogP) is 4.48. The Balaban J connectivity index is 1.38. The molecule has 0 bridgehead atoms. The fourth-order valence-electron chi connectivity index (χ4n) is 5.28.